The maximum atomic E-state index is 12.2. The summed E-state index contributed by atoms with van der Waals surface area (Å²) in [5.74, 6) is 0.195. The second-order valence-corrected chi connectivity index (χ2v) is 5.22. The molecule has 3 heteroatoms. The highest BCUT2D eigenvalue weighted by Crippen LogP contribution is 2.19. The fraction of sp³-hybridized carbons (Fsp3) is 0.353. The maximum Gasteiger partial charge on any atom is 0.223 e. The zero-order chi connectivity index (χ0) is 14.5. The number of likely N-dealkylation sites (N-methyl/N-ethyl adjacent to an activating group) is 1. The molecule has 0 radical (unpaired) electrons. The van der Waals surface area contributed by atoms with E-state index in [0.29, 0.717) is 13.0 Å². The minimum Gasteiger partial charge on any atom is -0.361 e. The lowest BCUT2D eigenvalue weighted by Crippen LogP contribution is -2.32. The number of nitrogens with zero attached hydrogens (tertiary/aromatic N) is 1. The molecule has 106 valence electrons. The van der Waals surface area contributed by atoms with Gasteiger partial charge in [-0.25, -0.2) is 0 Å². The Balaban J connectivity index is 2.01. The van der Waals surface area contributed by atoms with Gasteiger partial charge in [0.15, 0.2) is 0 Å². The highest BCUT2D eigenvalue weighted by atomic mass is 16.2. The van der Waals surface area contributed by atoms with E-state index < -0.39 is 0 Å². The van der Waals surface area contributed by atoms with Crippen molar-refractivity contribution in [3.8, 4) is 0 Å². The molecule has 0 aliphatic carbocycles. The number of aromatic amines is 1. The van der Waals surface area contributed by atoms with Gasteiger partial charge >= 0.3 is 0 Å². The van der Waals surface area contributed by atoms with Crippen LogP contribution in [0.4, 0.5) is 0 Å². The van der Waals surface area contributed by atoms with Gasteiger partial charge in [-0.2, -0.15) is 0 Å². The number of H-pyrrole nitrogens is 1. The largest absolute Gasteiger partial charge is 0.361 e. The lowest BCUT2D eigenvalue weighted by Gasteiger charge is -2.20. The van der Waals surface area contributed by atoms with Crippen molar-refractivity contribution in [1.29, 1.82) is 0 Å². The number of hydrogen-bond donors (Lipinski definition) is 1. The minimum absolute atomic E-state index is 0.195. The molecule has 0 spiro atoms. The molecule has 2 rings (SSSR count). The number of carbonyl (C=O) groups is 1. The van der Waals surface area contributed by atoms with Gasteiger partial charge in [0.05, 0.1) is 0 Å². The van der Waals surface area contributed by atoms with Crippen LogP contribution in [0.25, 0.3) is 10.9 Å². The fourth-order valence-corrected chi connectivity index (χ4v) is 2.44. The average molecular weight is 270 g/mol. The Morgan fingerprint density at radius 2 is 2.10 bits per heavy atom. The van der Waals surface area contributed by atoms with E-state index in [9.17, 15) is 4.79 Å². The lowest BCUT2D eigenvalue weighted by atomic mass is 10.1. The van der Waals surface area contributed by atoms with Crippen LogP contribution in [-0.4, -0.2) is 28.9 Å². The molecular formula is C17H22N2O. The van der Waals surface area contributed by atoms with Gasteiger partial charge in [0, 0.05) is 36.6 Å². The number of nitrogens with one attached hydrogen (secondary N) is 1. The second-order valence-electron chi connectivity index (χ2n) is 5.22. The molecule has 20 heavy (non-hydrogen) atoms. The summed E-state index contributed by atoms with van der Waals surface area (Å²) in [6.45, 7) is 9.23. The number of aromatic nitrogens is 1. The number of rotatable bonds is 6. The summed E-state index contributed by atoms with van der Waals surface area (Å²) >= 11 is 0. The van der Waals surface area contributed by atoms with Crippen LogP contribution >= 0.6 is 0 Å². The van der Waals surface area contributed by atoms with Crippen LogP contribution in [0.3, 0.4) is 0 Å². The van der Waals surface area contributed by atoms with E-state index in [0.717, 1.165) is 24.1 Å². The first-order valence-electron chi connectivity index (χ1n) is 7.09. The van der Waals surface area contributed by atoms with Crippen LogP contribution in [0.2, 0.25) is 0 Å². The summed E-state index contributed by atoms with van der Waals surface area (Å²) in [7, 11) is 0. The van der Waals surface area contributed by atoms with Crippen LogP contribution in [0.1, 0.15) is 25.8 Å². The first-order valence-corrected chi connectivity index (χ1v) is 7.09. The van der Waals surface area contributed by atoms with Crippen LogP contribution in [0.5, 0.6) is 0 Å². The van der Waals surface area contributed by atoms with Crippen LogP contribution in [0, 0.1) is 0 Å². The molecule has 0 aliphatic rings. The topological polar surface area (TPSA) is 36.1 Å². The van der Waals surface area contributed by atoms with Gasteiger partial charge in [-0.3, -0.25) is 4.79 Å². The molecule has 1 aromatic carbocycles. The van der Waals surface area contributed by atoms with Gasteiger partial charge in [-0.05, 0) is 31.9 Å². The minimum atomic E-state index is 0.195. The summed E-state index contributed by atoms with van der Waals surface area (Å²) in [5.41, 5.74) is 3.36. The molecular weight excluding hydrogens is 248 g/mol. The van der Waals surface area contributed by atoms with Crippen LogP contribution < -0.4 is 0 Å². The van der Waals surface area contributed by atoms with Gasteiger partial charge in [-0.15, -0.1) is 0 Å². The lowest BCUT2D eigenvalue weighted by molar-refractivity contribution is -0.130. The van der Waals surface area contributed by atoms with Crippen molar-refractivity contribution in [2.75, 3.05) is 13.1 Å². The SMILES string of the molecule is C=C(C)CN(CC)C(=O)CCc1c[nH]c2ccccc12. The van der Waals surface area contributed by atoms with Gasteiger partial charge in [0.2, 0.25) is 5.91 Å². The third kappa shape index (κ3) is 3.29. The molecule has 0 atom stereocenters. The van der Waals surface area contributed by atoms with E-state index >= 15 is 0 Å². The standard InChI is InChI=1S/C17H22N2O/c1-4-19(12-13(2)3)17(20)10-9-14-11-18-16-8-6-5-7-15(14)16/h5-8,11,18H,2,4,9-10,12H2,1,3H3. The van der Waals surface area contributed by atoms with Crippen LogP contribution in [0.15, 0.2) is 42.6 Å². The van der Waals surface area contributed by atoms with E-state index in [1.165, 1.54) is 10.9 Å². The summed E-state index contributed by atoms with van der Waals surface area (Å²) < 4.78 is 0. The van der Waals surface area contributed by atoms with Crippen LogP contribution in [-0.2, 0) is 11.2 Å². The molecule has 0 aliphatic heterocycles. The first kappa shape index (κ1) is 14.4. The van der Waals surface area contributed by atoms with Gasteiger partial charge in [0.1, 0.15) is 0 Å². The highest BCUT2D eigenvalue weighted by molar-refractivity contribution is 5.84. The predicted octanol–water partition coefficient (Wildman–Crippen LogP) is 3.53. The van der Waals surface area contributed by atoms with E-state index in [1.807, 2.05) is 37.1 Å². The normalized spacial score (nSPS) is 10.7. The Labute approximate surface area is 120 Å². The van der Waals surface area contributed by atoms with Gasteiger partial charge < -0.3 is 9.88 Å². The van der Waals surface area contributed by atoms with E-state index in [2.05, 4.69) is 23.7 Å². The number of aryl methyl sites for hydroxylation is 1. The molecule has 0 bridgehead atoms. The summed E-state index contributed by atoms with van der Waals surface area (Å²) in [5, 5.41) is 1.21. The van der Waals surface area contributed by atoms with Gasteiger partial charge in [-0.1, -0.05) is 30.4 Å². The molecule has 1 aromatic heterocycles. The Morgan fingerprint density at radius 1 is 1.35 bits per heavy atom. The zero-order valence-corrected chi connectivity index (χ0v) is 12.3. The average Bonchev–Trinajstić information content (AvgIpc) is 2.85. The molecule has 0 fully saturated rings. The third-order valence-corrected chi connectivity index (χ3v) is 3.48. The Hall–Kier alpha value is -2.03. The number of hydrogen-bond acceptors (Lipinski definition) is 1. The predicted molar refractivity (Wildman–Crippen MR) is 83.7 cm³/mol. The monoisotopic (exact) mass is 270 g/mol. The van der Waals surface area contributed by atoms with Crippen molar-refractivity contribution >= 4 is 16.8 Å². The smallest absolute Gasteiger partial charge is 0.223 e. The molecule has 3 nitrogen and oxygen atoms in total. The Bertz CT molecular complexity index is 612. The van der Waals surface area contributed by atoms with Gasteiger partial charge in [0.25, 0.3) is 0 Å². The number of fused-ring (bicyclic) bond motifs is 1. The van der Waals surface area contributed by atoms with Crippen molar-refractivity contribution in [3.63, 3.8) is 0 Å². The molecule has 1 amide bonds. The molecule has 0 unspecified atom stereocenters. The molecule has 0 saturated carbocycles. The third-order valence-electron chi connectivity index (χ3n) is 3.48. The van der Waals surface area contributed by atoms with Crippen molar-refractivity contribution in [2.45, 2.75) is 26.7 Å². The molecule has 1 N–H and O–H groups in total. The summed E-state index contributed by atoms with van der Waals surface area (Å²) in [6, 6.07) is 8.19. The number of benzene rings is 1. The first-order chi connectivity index (χ1) is 9.61. The molecule has 2 aromatic rings. The highest BCUT2D eigenvalue weighted by Gasteiger charge is 2.12. The van der Waals surface area contributed by atoms with Crippen molar-refractivity contribution in [2.24, 2.45) is 0 Å². The Kier molecular flexibility index (Phi) is 4.61. The molecule has 0 saturated heterocycles. The van der Waals surface area contributed by atoms with E-state index in [4.69, 9.17) is 0 Å². The summed E-state index contributed by atoms with van der Waals surface area (Å²) in [4.78, 5) is 17.3. The van der Waals surface area contributed by atoms with E-state index in [1.54, 1.807) is 0 Å². The number of amides is 1. The molecule has 1 heterocycles. The van der Waals surface area contributed by atoms with E-state index in [-0.39, 0.29) is 5.91 Å². The maximum absolute atomic E-state index is 12.2. The quantitative estimate of drug-likeness (QED) is 0.801. The Morgan fingerprint density at radius 3 is 2.80 bits per heavy atom. The zero-order valence-electron chi connectivity index (χ0n) is 12.3. The fourth-order valence-electron chi connectivity index (χ4n) is 2.44. The van der Waals surface area contributed by atoms with Crippen molar-refractivity contribution in [1.82, 2.24) is 9.88 Å². The van der Waals surface area contributed by atoms with Crippen molar-refractivity contribution in [3.05, 3.63) is 48.2 Å². The summed E-state index contributed by atoms with van der Waals surface area (Å²) in [6.07, 6.45) is 3.32. The number of carbonyl (C=O) groups excluding carboxylic acids is 1. The number of para-hydroxylation sites is 1. The second kappa shape index (κ2) is 6.42. The van der Waals surface area contributed by atoms with Crippen molar-refractivity contribution < 1.29 is 4.79 Å².